The second-order valence-corrected chi connectivity index (χ2v) is 6.23. The number of rotatable bonds is 8. The molecule has 5 heteroatoms. The van der Waals surface area contributed by atoms with Crippen LogP contribution in [0.25, 0.3) is 0 Å². The molecule has 140 valence electrons. The molecule has 0 fully saturated rings. The van der Waals surface area contributed by atoms with Crippen molar-refractivity contribution >= 4 is 5.96 Å². The Morgan fingerprint density at radius 1 is 1.04 bits per heavy atom. The lowest BCUT2D eigenvalue weighted by molar-refractivity contribution is 0.0617. The van der Waals surface area contributed by atoms with Crippen molar-refractivity contribution in [1.29, 1.82) is 0 Å². The largest absolute Gasteiger partial charge is 0.494 e. The third kappa shape index (κ3) is 5.77. The first-order valence-corrected chi connectivity index (χ1v) is 9.07. The molecule has 0 radical (unpaired) electrons. The molecule has 0 bridgehead atoms. The molecular formula is C21H29N3O2. The van der Waals surface area contributed by atoms with Gasteiger partial charge in [0.15, 0.2) is 5.96 Å². The summed E-state index contributed by atoms with van der Waals surface area (Å²) in [6.07, 6.45) is 0. The van der Waals surface area contributed by atoms with Crippen LogP contribution in [0, 0.1) is 0 Å². The lowest BCUT2D eigenvalue weighted by Gasteiger charge is -2.25. The van der Waals surface area contributed by atoms with E-state index < -0.39 is 5.60 Å². The quantitative estimate of drug-likeness (QED) is 0.503. The van der Waals surface area contributed by atoms with Crippen molar-refractivity contribution in [3.05, 3.63) is 65.7 Å². The molecule has 0 saturated carbocycles. The Morgan fingerprint density at radius 2 is 1.73 bits per heavy atom. The smallest absolute Gasteiger partial charge is 0.191 e. The molecule has 0 saturated heterocycles. The maximum atomic E-state index is 10.7. The number of hydrogen-bond acceptors (Lipinski definition) is 3. The van der Waals surface area contributed by atoms with Crippen molar-refractivity contribution in [1.82, 2.24) is 10.6 Å². The topological polar surface area (TPSA) is 65.9 Å². The van der Waals surface area contributed by atoms with E-state index in [1.807, 2.05) is 68.4 Å². The second kappa shape index (κ2) is 9.82. The summed E-state index contributed by atoms with van der Waals surface area (Å²) in [5, 5.41) is 17.2. The van der Waals surface area contributed by atoms with Gasteiger partial charge in [-0.15, -0.1) is 0 Å². The number of nitrogens with one attached hydrogen (secondary N) is 2. The fourth-order valence-corrected chi connectivity index (χ4v) is 2.59. The molecule has 2 aromatic carbocycles. The minimum absolute atomic E-state index is 0.357. The maximum absolute atomic E-state index is 10.7. The number of aliphatic imine (C=N–C) groups is 1. The Labute approximate surface area is 156 Å². The van der Waals surface area contributed by atoms with Crippen LogP contribution in [0.2, 0.25) is 0 Å². The standard InChI is InChI=1S/C21H29N3O2/c1-4-22-20(23-15-17-11-9-10-14-19(17)26-5-2)24-16-21(3,25)18-12-7-6-8-13-18/h6-14,25H,4-5,15-16H2,1-3H3,(H2,22,23,24). The van der Waals surface area contributed by atoms with E-state index in [1.54, 1.807) is 6.92 Å². The zero-order valence-electron chi connectivity index (χ0n) is 15.8. The number of hydrogen-bond donors (Lipinski definition) is 3. The highest BCUT2D eigenvalue weighted by molar-refractivity contribution is 5.79. The summed E-state index contributed by atoms with van der Waals surface area (Å²) in [4.78, 5) is 4.63. The molecule has 0 aromatic heterocycles. The van der Waals surface area contributed by atoms with E-state index in [1.165, 1.54) is 0 Å². The van der Waals surface area contributed by atoms with Gasteiger partial charge in [-0.1, -0.05) is 48.5 Å². The summed E-state index contributed by atoms with van der Waals surface area (Å²) in [5.74, 6) is 1.51. The third-order valence-electron chi connectivity index (χ3n) is 4.02. The van der Waals surface area contributed by atoms with Gasteiger partial charge in [0.05, 0.1) is 19.7 Å². The first kappa shape index (κ1) is 19.8. The van der Waals surface area contributed by atoms with E-state index in [0.29, 0.717) is 25.7 Å². The Balaban J connectivity index is 2.05. The van der Waals surface area contributed by atoms with Crippen LogP contribution in [-0.2, 0) is 12.1 Å². The predicted octanol–water partition coefficient (Wildman–Crippen LogP) is 3.05. The molecule has 3 N–H and O–H groups in total. The van der Waals surface area contributed by atoms with Gasteiger partial charge in [-0.25, -0.2) is 4.99 Å². The summed E-state index contributed by atoms with van der Waals surface area (Å²) >= 11 is 0. The molecule has 1 unspecified atom stereocenters. The fourth-order valence-electron chi connectivity index (χ4n) is 2.59. The Bertz CT molecular complexity index is 699. The summed E-state index contributed by atoms with van der Waals surface area (Å²) in [6, 6.07) is 17.5. The van der Waals surface area contributed by atoms with Crippen molar-refractivity contribution < 1.29 is 9.84 Å². The maximum Gasteiger partial charge on any atom is 0.191 e. The van der Waals surface area contributed by atoms with Gasteiger partial charge in [0, 0.05) is 12.1 Å². The van der Waals surface area contributed by atoms with Crippen LogP contribution >= 0.6 is 0 Å². The van der Waals surface area contributed by atoms with E-state index in [-0.39, 0.29) is 0 Å². The van der Waals surface area contributed by atoms with Crippen molar-refractivity contribution in [3.8, 4) is 5.75 Å². The van der Waals surface area contributed by atoms with E-state index >= 15 is 0 Å². The highest BCUT2D eigenvalue weighted by Crippen LogP contribution is 2.20. The van der Waals surface area contributed by atoms with E-state index in [4.69, 9.17) is 4.74 Å². The average molecular weight is 355 g/mol. The molecule has 0 aliphatic carbocycles. The molecule has 5 nitrogen and oxygen atoms in total. The molecule has 0 aliphatic rings. The summed E-state index contributed by atoms with van der Waals surface area (Å²) in [7, 11) is 0. The number of para-hydroxylation sites is 1. The molecule has 1 atom stereocenters. The van der Waals surface area contributed by atoms with E-state index in [9.17, 15) is 5.11 Å². The van der Waals surface area contributed by atoms with Gasteiger partial charge in [0.25, 0.3) is 0 Å². The van der Waals surface area contributed by atoms with Gasteiger partial charge >= 0.3 is 0 Å². The minimum atomic E-state index is -0.985. The molecule has 26 heavy (non-hydrogen) atoms. The average Bonchev–Trinajstić information content (AvgIpc) is 2.66. The normalized spacial score (nSPS) is 13.8. The summed E-state index contributed by atoms with van der Waals surface area (Å²) in [5.41, 5.74) is 0.909. The number of aliphatic hydroxyl groups is 1. The summed E-state index contributed by atoms with van der Waals surface area (Å²) in [6.45, 7) is 8.00. The van der Waals surface area contributed by atoms with Crippen LogP contribution in [0.4, 0.5) is 0 Å². The number of benzene rings is 2. The summed E-state index contributed by atoms with van der Waals surface area (Å²) < 4.78 is 5.65. The van der Waals surface area contributed by atoms with Gasteiger partial charge < -0.3 is 20.5 Å². The van der Waals surface area contributed by atoms with Crippen molar-refractivity contribution in [2.24, 2.45) is 4.99 Å². The van der Waals surface area contributed by atoms with Gasteiger partial charge in [-0.2, -0.15) is 0 Å². The molecule has 0 spiro atoms. The zero-order chi connectivity index (χ0) is 18.8. The fraction of sp³-hybridized carbons (Fsp3) is 0.381. The van der Waals surface area contributed by atoms with Crippen LogP contribution in [0.1, 0.15) is 31.9 Å². The van der Waals surface area contributed by atoms with E-state index in [2.05, 4.69) is 15.6 Å². The van der Waals surface area contributed by atoms with Gasteiger partial charge in [-0.05, 0) is 32.4 Å². The zero-order valence-corrected chi connectivity index (χ0v) is 15.8. The minimum Gasteiger partial charge on any atom is -0.494 e. The first-order chi connectivity index (χ1) is 12.6. The number of nitrogens with zero attached hydrogens (tertiary/aromatic N) is 1. The van der Waals surface area contributed by atoms with Gasteiger partial charge in [0.1, 0.15) is 11.4 Å². The molecule has 0 amide bonds. The van der Waals surface area contributed by atoms with Crippen LogP contribution in [-0.4, -0.2) is 30.8 Å². The van der Waals surface area contributed by atoms with Gasteiger partial charge in [0.2, 0.25) is 0 Å². The van der Waals surface area contributed by atoms with Crippen LogP contribution in [0.15, 0.2) is 59.6 Å². The lowest BCUT2D eigenvalue weighted by atomic mass is 9.96. The molecule has 2 rings (SSSR count). The van der Waals surface area contributed by atoms with Crippen molar-refractivity contribution in [2.75, 3.05) is 19.7 Å². The molecule has 0 heterocycles. The Morgan fingerprint density at radius 3 is 2.42 bits per heavy atom. The predicted molar refractivity (Wildman–Crippen MR) is 106 cm³/mol. The monoisotopic (exact) mass is 355 g/mol. The molecule has 2 aromatic rings. The van der Waals surface area contributed by atoms with Crippen molar-refractivity contribution in [2.45, 2.75) is 32.9 Å². The Hall–Kier alpha value is -2.53. The van der Waals surface area contributed by atoms with Crippen LogP contribution in [0.5, 0.6) is 5.75 Å². The van der Waals surface area contributed by atoms with Gasteiger partial charge in [-0.3, -0.25) is 0 Å². The number of ether oxygens (including phenoxy) is 1. The molecule has 0 aliphatic heterocycles. The first-order valence-electron chi connectivity index (χ1n) is 9.07. The van der Waals surface area contributed by atoms with Crippen LogP contribution in [0.3, 0.4) is 0 Å². The second-order valence-electron chi connectivity index (χ2n) is 6.23. The van der Waals surface area contributed by atoms with Crippen LogP contribution < -0.4 is 15.4 Å². The third-order valence-corrected chi connectivity index (χ3v) is 4.02. The van der Waals surface area contributed by atoms with Crippen molar-refractivity contribution in [3.63, 3.8) is 0 Å². The molecular weight excluding hydrogens is 326 g/mol. The highest BCUT2D eigenvalue weighted by Gasteiger charge is 2.22. The number of guanidine groups is 1. The lowest BCUT2D eigenvalue weighted by Crippen LogP contribution is -2.44. The SMILES string of the molecule is CCNC(=NCc1ccccc1OCC)NCC(C)(O)c1ccccc1. The highest BCUT2D eigenvalue weighted by atomic mass is 16.5. The Kier molecular flexibility index (Phi) is 7.48. The van der Waals surface area contributed by atoms with E-state index in [0.717, 1.165) is 23.4 Å².